The standard InChI is InChI=1S/C16H24O/c1-5-14(6-2)10-15(17)11-16-12(3)8-7-9-13(16)4/h7-9,14H,5-6,10-11H2,1-4H3. The van der Waals surface area contributed by atoms with Crippen molar-refractivity contribution in [3.05, 3.63) is 34.9 Å². The number of aryl methyl sites for hydroxylation is 2. The zero-order chi connectivity index (χ0) is 12.8. The lowest BCUT2D eigenvalue weighted by atomic mass is 9.91. The number of Topliss-reactive ketones (excluding diaryl/α,β-unsaturated/α-hetero) is 1. The second-order valence-electron chi connectivity index (χ2n) is 4.97. The van der Waals surface area contributed by atoms with Gasteiger partial charge in [0.05, 0.1) is 0 Å². The maximum Gasteiger partial charge on any atom is 0.137 e. The van der Waals surface area contributed by atoms with Gasteiger partial charge in [-0.25, -0.2) is 0 Å². The summed E-state index contributed by atoms with van der Waals surface area (Å²) in [5.74, 6) is 0.947. The predicted octanol–water partition coefficient (Wildman–Crippen LogP) is 4.24. The minimum atomic E-state index is 0.385. The quantitative estimate of drug-likeness (QED) is 0.717. The molecule has 0 atom stereocenters. The molecule has 0 amide bonds. The number of hydrogen-bond donors (Lipinski definition) is 0. The summed E-state index contributed by atoms with van der Waals surface area (Å²) in [6.07, 6.45) is 3.56. The molecule has 0 heterocycles. The van der Waals surface area contributed by atoms with E-state index in [1.54, 1.807) is 0 Å². The fourth-order valence-corrected chi connectivity index (χ4v) is 2.30. The summed E-state index contributed by atoms with van der Waals surface area (Å²) in [6, 6.07) is 6.24. The van der Waals surface area contributed by atoms with E-state index in [9.17, 15) is 4.79 Å². The Labute approximate surface area is 105 Å². The van der Waals surface area contributed by atoms with Crippen molar-refractivity contribution in [2.45, 2.75) is 53.4 Å². The van der Waals surface area contributed by atoms with Crippen molar-refractivity contribution in [2.24, 2.45) is 5.92 Å². The number of rotatable bonds is 6. The van der Waals surface area contributed by atoms with Crippen molar-refractivity contribution in [1.82, 2.24) is 0 Å². The first-order valence-electron chi connectivity index (χ1n) is 6.65. The van der Waals surface area contributed by atoms with Crippen LogP contribution < -0.4 is 0 Å². The second kappa shape index (κ2) is 6.58. The summed E-state index contributed by atoms with van der Waals surface area (Å²) < 4.78 is 0. The molecule has 0 aliphatic rings. The zero-order valence-electron chi connectivity index (χ0n) is 11.5. The molecule has 0 radical (unpaired) electrons. The largest absolute Gasteiger partial charge is 0.299 e. The lowest BCUT2D eigenvalue weighted by Crippen LogP contribution is -2.11. The second-order valence-corrected chi connectivity index (χ2v) is 4.97. The highest BCUT2D eigenvalue weighted by atomic mass is 16.1. The first-order valence-corrected chi connectivity index (χ1v) is 6.65. The van der Waals surface area contributed by atoms with Gasteiger partial charge in [-0.1, -0.05) is 44.9 Å². The summed E-state index contributed by atoms with van der Waals surface area (Å²) in [5.41, 5.74) is 3.70. The van der Waals surface area contributed by atoms with Crippen LogP contribution >= 0.6 is 0 Å². The molecule has 0 fully saturated rings. The van der Waals surface area contributed by atoms with Crippen LogP contribution in [0.3, 0.4) is 0 Å². The monoisotopic (exact) mass is 232 g/mol. The molecule has 0 unspecified atom stereocenters. The van der Waals surface area contributed by atoms with Crippen LogP contribution in [-0.4, -0.2) is 5.78 Å². The van der Waals surface area contributed by atoms with Crippen molar-refractivity contribution in [2.75, 3.05) is 0 Å². The van der Waals surface area contributed by atoms with E-state index < -0.39 is 0 Å². The highest BCUT2D eigenvalue weighted by Crippen LogP contribution is 2.18. The summed E-state index contributed by atoms with van der Waals surface area (Å²) >= 11 is 0. The number of hydrogen-bond acceptors (Lipinski definition) is 1. The molecule has 0 saturated heterocycles. The first kappa shape index (κ1) is 14.0. The van der Waals surface area contributed by atoms with Crippen LogP contribution in [0.15, 0.2) is 18.2 Å². The Balaban J connectivity index is 2.68. The maximum absolute atomic E-state index is 12.0. The van der Waals surface area contributed by atoms with Gasteiger partial charge in [-0.2, -0.15) is 0 Å². The molecular weight excluding hydrogens is 208 g/mol. The van der Waals surface area contributed by atoms with E-state index in [0.29, 0.717) is 18.1 Å². The third-order valence-corrected chi connectivity index (χ3v) is 3.69. The highest BCUT2D eigenvalue weighted by Gasteiger charge is 2.13. The average Bonchev–Trinajstić information content (AvgIpc) is 2.31. The number of ketones is 1. The minimum absolute atomic E-state index is 0.385. The molecule has 0 aromatic heterocycles. The molecule has 0 saturated carbocycles. The van der Waals surface area contributed by atoms with E-state index in [2.05, 4.69) is 45.9 Å². The van der Waals surface area contributed by atoms with E-state index in [4.69, 9.17) is 0 Å². The van der Waals surface area contributed by atoms with Gasteiger partial charge in [-0.3, -0.25) is 4.79 Å². The molecule has 0 aliphatic carbocycles. The van der Waals surface area contributed by atoms with Crippen LogP contribution in [0.2, 0.25) is 0 Å². The van der Waals surface area contributed by atoms with E-state index in [-0.39, 0.29) is 0 Å². The summed E-state index contributed by atoms with van der Waals surface area (Å²) in [7, 11) is 0. The van der Waals surface area contributed by atoms with Gasteiger partial charge >= 0.3 is 0 Å². The number of carbonyl (C=O) groups excluding carboxylic acids is 1. The molecule has 0 aliphatic heterocycles. The molecule has 1 aromatic rings. The Hall–Kier alpha value is -1.11. The number of benzene rings is 1. The molecule has 0 N–H and O–H groups in total. The smallest absolute Gasteiger partial charge is 0.137 e. The normalized spacial score (nSPS) is 10.9. The van der Waals surface area contributed by atoms with Gasteiger partial charge in [-0.15, -0.1) is 0 Å². The van der Waals surface area contributed by atoms with Crippen molar-refractivity contribution >= 4 is 5.78 Å². The molecular formula is C16H24O. The lowest BCUT2D eigenvalue weighted by Gasteiger charge is -2.13. The van der Waals surface area contributed by atoms with Gasteiger partial charge in [0.15, 0.2) is 0 Å². The van der Waals surface area contributed by atoms with Crippen LogP contribution in [0.5, 0.6) is 0 Å². The first-order chi connectivity index (χ1) is 8.08. The summed E-state index contributed by atoms with van der Waals surface area (Å²) in [5, 5.41) is 0. The molecule has 1 aromatic carbocycles. The van der Waals surface area contributed by atoms with Gasteiger partial charge < -0.3 is 0 Å². The van der Waals surface area contributed by atoms with Crippen molar-refractivity contribution in [3.63, 3.8) is 0 Å². The highest BCUT2D eigenvalue weighted by molar-refractivity contribution is 5.81. The maximum atomic E-state index is 12.0. The van der Waals surface area contributed by atoms with Gasteiger partial charge in [-0.05, 0) is 36.5 Å². The Morgan fingerprint density at radius 3 is 2.12 bits per heavy atom. The number of carbonyl (C=O) groups is 1. The fraction of sp³-hybridized carbons (Fsp3) is 0.562. The van der Waals surface area contributed by atoms with Crippen molar-refractivity contribution in [3.8, 4) is 0 Å². The Morgan fingerprint density at radius 2 is 1.65 bits per heavy atom. The van der Waals surface area contributed by atoms with Crippen LogP contribution in [0, 0.1) is 19.8 Å². The van der Waals surface area contributed by atoms with Crippen LogP contribution in [-0.2, 0) is 11.2 Å². The lowest BCUT2D eigenvalue weighted by molar-refractivity contribution is -0.119. The van der Waals surface area contributed by atoms with E-state index >= 15 is 0 Å². The summed E-state index contributed by atoms with van der Waals surface area (Å²) in [4.78, 5) is 12.0. The molecule has 0 bridgehead atoms. The molecule has 1 heteroatoms. The molecule has 1 nitrogen and oxygen atoms in total. The Morgan fingerprint density at radius 1 is 1.12 bits per heavy atom. The Bertz CT molecular complexity index is 355. The average molecular weight is 232 g/mol. The Kier molecular flexibility index (Phi) is 5.40. The third kappa shape index (κ3) is 3.99. The van der Waals surface area contributed by atoms with E-state index in [0.717, 1.165) is 19.3 Å². The molecule has 94 valence electrons. The third-order valence-electron chi connectivity index (χ3n) is 3.69. The van der Waals surface area contributed by atoms with Crippen LogP contribution in [0.25, 0.3) is 0 Å². The van der Waals surface area contributed by atoms with Gasteiger partial charge in [0.1, 0.15) is 5.78 Å². The van der Waals surface area contributed by atoms with Gasteiger partial charge in [0.25, 0.3) is 0 Å². The molecule has 0 spiro atoms. The van der Waals surface area contributed by atoms with E-state index in [1.807, 2.05) is 0 Å². The van der Waals surface area contributed by atoms with Crippen LogP contribution in [0.1, 0.15) is 49.8 Å². The SMILES string of the molecule is CCC(CC)CC(=O)Cc1c(C)cccc1C. The van der Waals surface area contributed by atoms with Crippen molar-refractivity contribution < 1.29 is 4.79 Å². The fourth-order valence-electron chi connectivity index (χ4n) is 2.30. The van der Waals surface area contributed by atoms with Crippen molar-refractivity contribution in [1.29, 1.82) is 0 Å². The minimum Gasteiger partial charge on any atom is -0.299 e. The van der Waals surface area contributed by atoms with E-state index in [1.165, 1.54) is 16.7 Å². The summed E-state index contributed by atoms with van der Waals surface area (Å²) in [6.45, 7) is 8.51. The van der Waals surface area contributed by atoms with Gasteiger partial charge in [0, 0.05) is 12.8 Å². The molecule has 1 rings (SSSR count). The van der Waals surface area contributed by atoms with Gasteiger partial charge in [0.2, 0.25) is 0 Å². The molecule has 17 heavy (non-hydrogen) atoms. The predicted molar refractivity (Wildman–Crippen MR) is 73.3 cm³/mol. The van der Waals surface area contributed by atoms with Crippen LogP contribution in [0.4, 0.5) is 0 Å². The zero-order valence-corrected chi connectivity index (χ0v) is 11.5. The topological polar surface area (TPSA) is 17.1 Å².